The van der Waals surface area contributed by atoms with E-state index < -0.39 is 5.60 Å². The minimum atomic E-state index is -0.537. The normalized spacial score (nSPS) is 15.6. The van der Waals surface area contributed by atoms with Crippen LogP contribution in [-0.2, 0) is 14.3 Å². The molecule has 1 saturated carbocycles. The third-order valence-electron chi connectivity index (χ3n) is 6.17. The molecule has 1 aliphatic rings. The van der Waals surface area contributed by atoms with Gasteiger partial charge in [0.2, 0.25) is 11.7 Å². The Labute approximate surface area is 202 Å². The Bertz CT molecular complexity index is 923. The van der Waals surface area contributed by atoms with E-state index in [-0.39, 0.29) is 24.3 Å². The summed E-state index contributed by atoms with van der Waals surface area (Å²) >= 11 is 0. The smallest absolute Gasteiger partial charge is 0.338 e. The lowest BCUT2D eigenvalue weighted by molar-refractivity contribution is -0.155. The maximum Gasteiger partial charge on any atom is 0.338 e. The highest BCUT2D eigenvalue weighted by molar-refractivity contribution is 5.89. The summed E-state index contributed by atoms with van der Waals surface area (Å²) < 4.78 is 16.2. The van der Waals surface area contributed by atoms with E-state index in [1.165, 1.54) is 38.5 Å². The fourth-order valence-electron chi connectivity index (χ4n) is 4.51. The first-order valence-electron chi connectivity index (χ1n) is 12.6. The van der Waals surface area contributed by atoms with E-state index in [9.17, 15) is 9.59 Å². The average Bonchev–Trinajstić information content (AvgIpc) is 3.28. The van der Waals surface area contributed by atoms with Gasteiger partial charge in [-0.25, -0.2) is 4.79 Å². The molecule has 0 spiro atoms. The van der Waals surface area contributed by atoms with Crippen molar-refractivity contribution in [2.24, 2.45) is 5.92 Å². The van der Waals surface area contributed by atoms with Gasteiger partial charge in [-0.3, -0.25) is 4.79 Å². The van der Waals surface area contributed by atoms with Crippen molar-refractivity contribution in [1.29, 1.82) is 0 Å². The molecule has 1 atom stereocenters. The van der Waals surface area contributed by atoms with E-state index in [1.807, 2.05) is 20.8 Å². The molecule has 0 N–H and O–H groups in total. The van der Waals surface area contributed by atoms with Crippen LogP contribution in [0.25, 0.3) is 11.4 Å². The van der Waals surface area contributed by atoms with Gasteiger partial charge < -0.3 is 14.0 Å². The summed E-state index contributed by atoms with van der Waals surface area (Å²) in [7, 11) is 0. The molecule has 0 radical (unpaired) electrons. The van der Waals surface area contributed by atoms with Crippen LogP contribution in [0.15, 0.2) is 28.8 Å². The SMILES string of the molecule is CCOC(=O)c1ccc(-c2noc(C(CCCC3CCCCC3)CC(=O)OC(C)(C)C)n2)cc1. The van der Waals surface area contributed by atoms with Crippen LogP contribution in [-0.4, -0.2) is 34.3 Å². The molecule has 3 rings (SSSR count). The number of aromatic nitrogens is 2. The highest BCUT2D eigenvalue weighted by Crippen LogP contribution is 2.32. The Morgan fingerprint density at radius 3 is 2.47 bits per heavy atom. The first-order chi connectivity index (χ1) is 16.2. The topological polar surface area (TPSA) is 91.5 Å². The predicted octanol–water partition coefficient (Wildman–Crippen LogP) is 6.48. The van der Waals surface area contributed by atoms with Crippen LogP contribution in [0.3, 0.4) is 0 Å². The number of ether oxygens (including phenoxy) is 2. The van der Waals surface area contributed by atoms with Gasteiger partial charge in [0.1, 0.15) is 5.60 Å². The van der Waals surface area contributed by atoms with Crippen LogP contribution in [0.2, 0.25) is 0 Å². The molecular weight excluding hydrogens is 432 g/mol. The van der Waals surface area contributed by atoms with Crippen molar-refractivity contribution in [3.8, 4) is 11.4 Å². The summed E-state index contributed by atoms with van der Waals surface area (Å²) in [5.41, 5.74) is 0.672. The number of esters is 2. The average molecular weight is 471 g/mol. The molecule has 7 heteroatoms. The largest absolute Gasteiger partial charge is 0.462 e. The number of rotatable bonds is 10. The Balaban J connectivity index is 1.69. The second-order valence-electron chi connectivity index (χ2n) is 10.2. The number of carbonyl (C=O) groups is 2. The van der Waals surface area contributed by atoms with Crippen molar-refractivity contribution in [1.82, 2.24) is 10.1 Å². The lowest BCUT2D eigenvalue weighted by Gasteiger charge is -2.23. The molecule has 1 fully saturated rings. The van der Waals surface area contributed by atoms with Crippen LogP contribution >= 0.6 is 0 Å². The number of hydrogen-bond acceptors (Lipinski definition) is 7. The zero-order valence-corrected chi connectivity index (χ0v) is 21.0. The molecule has 1 aromatic carbocycles. The minimum Gasteiger partial charge on any atom is -0.462 e. The van der Waals surface area contributed by atoms with Gasteiger partial charge in [-0.1, -0.05) is 62.2 Å². The number of hydrogen-bond donors (Lipinski definition) is 0. The quantitative estimate of drug-likeness (QED) is 0.367. The van der Waals surface area contributed by atoms with Crippen LogP contribution < -0.4 is 0 Å². The zero-order chi connectivity index (χ0) is 24.6. The van der Waals surface area contributed by atoms with E-state index in [4.69, 9.17) is 14.0 Å². The lowest BCUT2D eigenvalue weighted by atomic mass is 9.84. The summed E-state index contributed by atoms with van der Waals surface area (Å²) in [6.45, 7) is 7.71. The van der Waals surface area contributed by atoms with Gasteiger partial charge in [-0.15, -0.1) is 0 Å². The Hall–Kier alpha value is -2.70. The van der Waals surface area contributed by atoms with Crippen LogP contribution in [0.1, 0.15) is 108 Å². The molecule has 1 aromatic heterocycles. The predicted molar refractivity (Wildman–Crippen MR) is 129 cm³/mol. The first-order valence-corrected chi connectivity index (χ1v) is 12.6. The highest BCUT2D eigenvalue weighted by Gasteiger charge is 2.26. The standard InChI is InChI=1S/C27H38N2O5/c1-5-32-26(31)21-16-14-20(15-17-21)24-28-25(34-29-24)22(18-23(30)33-27(2,3)4)13-9-12-19-10-7-6-8-11-19/h14-17,19,22H,5-13,18H2,1-4H3. The lowest BCUT2D eigenvalue weighted by Crippen LogP contribution is -2.25. The van der Waals surface area contributed by atoms with Crippen molar-refractivity contribution >= 4 is 11.9 Å². The molecule has 0 amide bonds. The third kappa shape index (κ3) is 7.96. The third-order valence-corrected chi connectivity index (χ3v) is 6.17. The molecule has 186 valence electrons. The number of nitrogens with zero attached hydrogens (tertiary/aromatic N) is 2. The van der Waals surface area contributed by atoms with Crippen LogP contribution in [0.5, 0.6) is 0 Å². The van der Waals surface area contributed by atoms with E-state index in [1.54, 1.807) is 31.2 Å². The van der Waals surface area contributed by atoms with Gasteiger partial charge in [0.25, 0.3) is 0 Å². The Kier molecular flexibility index (Phi) is 9.25. The van der Waals surface area contributed by atoms with Crippen molar-refractivity contribution in [3.05, 3.63) is 35.7 Å². The maximum absolute atomic E-state index is 12.6. The molecule has 1 aliphatic carbocycles. The molecule has 2 aromatic rings. The Morgan fingerprint density at radius 2 is 1.82 bits per heavy atom. The molecule has 34 heavy (non-hydrogen) atoms. The highest BCUT2D eigenvalue weighted by atomic mass is 16.6. The Morgan fingerprint density at radius 1 is 1.12 bits per heavy atom. The fourth-order valence-corrected chi connectivity index (χ4v) is 4.51. The van der Waals surface area contributed by atoms with Gasteiger partial charge in [0, 0.05) is 11.5 Å². The number of carbonyl (C=O) groups excluding carboxylic acids is 2. The summed E-state index contributed by atoms with van der Waals surface area (Å²) in [4.78, 5) is 29.1. The van der Waals surface area contributed by atoms with E-state index in [0.717, 1.165) is 24.3 Å². The summed E-state index contributed by atoms with van der Waals surface area (Å²) in [5, 5.41) is 4.14. The van der Waals surface area contributed by atoms with Crippen molar-refractivity contribution in [3.63, 3.8) is 0 Å². The van der Waals surface area contributed by atoms with E-state index in [0.29, 0.717) is 23.9 Å². The summed E-state index contributed by atoms with van der Waals surface area (Å²) in [6.07, 6.45) is 9.83. The molecule has 1 unspecified atom stereocenters. The van der Waals surface area contributed by atoms with Crippen LogP contribution in [0.4, 0.5) is 0 Å². The van der Waals surface area contributed by atoms with Gasteiger partial charge in [-0.2, -0.15) is 4.98 Å². The van der Waals surface area contributed by atoms with Crippen molar-refractivity contribution in [2.45, 2.75) is 97.0 Å². The molecular formula is C27H38N2O5. The first kappa shape index (κ1) is 25.9. The molecule has 0 aliphatic heterocycles. The van der Waals surface area contributed by atoms with E-state index >= 15 is 0 Å². The second kappa shape index (κ2) is 12.1. The number of benzene rings is 1. The summed E-state index contributed by atoms with van der Waals surface area (Å²) in [5.74, 6) is 0.878. The van der Waals surface area contributed by atoms with E-state index in [2.05, 4.69) is 10.1 Å². The maximum atomic E-state index is 12.6. The van der Waals surface area contributed by atoms with Crippen molar-refractivity contribution < 1.29 is 23.6 Å². The minimum absolute atomic E-state index is 0.182. The van der Waals surface area contributed by atoms with Gasteiger partial charge in [0.15, 0.2) is 0 Å². The molecule has 7 nitrogen and oxygen atoms in total. The monoisotopic (exact) mass is 470 g/mol. The molecule has 0 bridgehead atoms. The van der Waals surface area contributed by atoms with Gasteiger partial charge >= 0.3 is 11.9 Å². The summed E-state index contributed by atoms with van der Waals surface area (Å²) in [6, 6.07) is 6.91. The second-order valence-corrected chi connectivity index (χ2v) is 10.2. The van der Waals surface area contributed by atoms with Crippen molar-refractivity contribution in [2.75, 3.05) is 6.61 Å². The fraction of sp³-hybridized carbons (Fsp3) is 0.630. The zero-order valence-electron chi connectivity index (χ0n) is 21.0. The van der Waals surface area contributed by atoms with Crippen LogP contribution in [0, 0.1) is 5.92 Å². The van der Waals surface area contributed by atoms with Gasteiger partial charge in [0.05, 0.1) is 18.6 Å². The molecule has 0 saturated heterocycles. The van der Waals surface area contributed by atoms with Gasteiger partial charge in [-0.05, 0) is 52.2 Å². The molecule has 1 heterocycles.